The zero-order valence-corrected chi connectivity index (χ0v) is 38.1. The molecule has 0 radical (unpaired) electrons. The van der Waals surface area contributed by atoms with Crippen LogP contribution in [0.2, 0.25) is 10.0 Å². The number of hydrogen-bond donors (Lipinski definition) is 3. The van der Waals surface area contributed by atoms with Crippen molar-refractivity contribution in [3.8, 4) is 28.7 Å². The fourth-order valence-electron chi connectivity index (χ4n) is 9.61. The monoisotopic (exact) mass is 951 g/mol. The van der Waals surface area contributed by atoms with Crippen LogP contribution in [0.4, 0.5) is 0 Å². The molecule has 16 heteroatoms. The number of nitrogens with one attached hydrogen (secondary N) is 1. The van der Waals surface area contributed by atoms with Crippen molar-refractivity contribution in [2.24, 2.45) is 0 Å². The lowest BCUT2D eigenvalue weighted by atomic mass is 9.96. The van der Waals surface area contributed by atoms with Gasteiger partial charge in [0, 0.05) is 54.9 Å². The van der Waals surface area contributed by atoms with Crippen molar-refractivity contribution in [2.45, 2.75) is 49.2 Å². The molecule has 68 heavy (non-hydrogen) atoms. The van der Waals surface area contributed by atoms with Crippen molar-refractivity contribution in [1.82, 2.24) is 14.3 Å². The zero-order chi connectivity index (χ0) is 46.7. The number of ether oxygens (including phenoxy) is 3. The lowest BCUT2D eigenvalue weighted by Crippen LogP contribution is -2.58. The fourth-order valence-corrected chi connectivity index (χ4v) is 10.1. The van der Waals surface area contributed by atoms with Crippen molar-refractivity contribution >= 4 is 35.0 Å². The van der Waals surface area contributed by atoms with E-state index < -0.39 is 39.6 Å². The number of benzene rings is 4. The number of amides is 1. The van der Waals surface area contributed by atoms with Gasteiger partial charge < -0.3 is 29.3 Å². The highest BCUT2D eigenvalue weighted by atomic mass is 35.5. The first-order valence-electron chi connectivity index (χ1n) is 22.4. The van der Waals surface area contributed by atoms with Crippen LogP contribution in [-0.2, 0) is 6.42 Å². The van der Waals surface area contributed by atoms with E-state index in [9.17, 15) is 24.6 Å². The second-order valence-electron chi connectivity index (χ2n) is 17.6. The maximum absolute atomic E-state index is 14.3. The number of aliphatic hydroxyl groups excluding tert-OH is 1. The maximum Gasteiger partial charge on any atom is 0.393 e. The van der Waals surface area contributed by atoms with Crippen LogP contribution >= 0.6 is 23.2 Å². The van der Waals surface area contributed by atoms with E-state index in [4.69, 9.17) is 37.4 Å². The van der Waals surface area contributed by atoms with Gasteiger partial charge in [-0.25, -0.2) is 4.68 Å². The molecule has 0 saturated heterocycles. The summed E-state index contributed by atoms with van der Waals surface area (Å²) in [5, 5.41) is 26.1. The van der Waals surface area contributed by atoms with Gasteiger partial charge in [-0.05, 0) is 66.5 Å². The van der Waals surface area contributed by atoms with Crippen molar-refractivity contribution in [3.05, 3.63) is 204 Å². The third kappa shape index (κ3) is 7.63. The largest absolute Gasteiger partial charge is 0.502 e. The molecule has 2 fully saturated rings. The Balaban J connectivity index is 0.928. The van der Waals surface area contributed by atoms with Gasteiger partial charge in [-0.1, -0.05) is 96.0 Å². The Bertz CT molecular complexity index is 3230. The summed E-state index contributed by atoms with van der Waals surface area (Å²) < 4.78 is 24.1. The van der Waals surface area contributed by atoms with E-state index in [-0.39, 0.29) is 55.3 Å². The fraction of sp³-hybridized carbons (Fsp3) is 0.231. The van der Waals surface area contributed by atoms with E-state index >= 15 is 0 Å². The highest BCUT2D eigenvalue weighted by molar-refractivity contribution is 6.32. The van der Waals surface area contributed by atoms with E-state index in [1.807, 2.05) is 82.4 Å². The average Bonchev–Trinajstić information content (AvgIpc) is 4.29. The quantitative estimate of drug-likeness (QED) is 0.0910. The number of carbonyl (C=O) groups excluding carboxylic acids is 1. The van der Waals surface area contributed by atoms with E-state index in [0.717, 1.165) is 24.0 Å². The third-order valence-electron chi connectivity index (χ3n) is 13.4. The molecule has 2 bridgehead atoms. The van der Waals surface area contributed by atoms with Crippen molar-refractivity contribution in [2.75, 3.05) is 37.0 Å². The highest BCUT2D eigenvalue weighted by Gasteiger charge is 2.55. The van der Waals surface area contributed by atoms with Gasteiger partial charge in [0.2, 0.25) is 29.0 Å². The average molecular weight is 953 g/mol. The molecule has 14 nitrogen and oxygen atoms in total. The van der Waals surface area contributed by atoms with Gasteiger partial charge in [0.15, 0.2) is 17.0 Å². The number of para-hydroxylation sites is 2. The van der Waals surface area contributed by atoms with Gasteiger partial charge in [-0.2, -0.15) is 4.58 Å². The maximum atomic E-state index is 14.3. The minimum atomic E-state index is -0.765. The number of aliphatic hydroxyl groups is 1. The Hall–Kier alpha value is -7.42. The minimum Gasteiger partial charge on any atom is -0.502 e. The minimum absolute atomic E-state index is 0.0652. The van der Waals surface area contributed by atoms with Crippen LogP contribution in [0.15, 0.2) is 149 Å². The van der Waals surface area contributed by atoms with Crippen LogP contribution in [0.3, 0.4) is 0 Å². The molecule has 4 aromatic carbocycles. The first-order valence-corrected chi connectivity index (χ1v) is 23.2. The molecule has 1 spiro atoms. The standard InChI is InChI=1S/C52H44Cl2N6O8/c53-38-15-5-12-35(29-33-9-2-1-3-10-33)46(38)66-27-7-19-51(21-22-51)56-31-55-58-25-17-41(62)48(44(58)50(56)65)68-36-13-4-11-34(30-36)42-37-14-6-16-39(54)47(37)67-28-8-20-52(23-24-52)57-32-60(42)59-26-18-40(61)45(63)43(59)49(57)64/h1-20,25-26,30,42,55H,21-24,27-29,31-32H2,(H,63,64)/p+1/b19-7+,20-8+/t42-/m1/s1. The van der Waals surface area contributed by atoms with Crippen LogP contribution in [0.1, 0.15) is 70.2 Å². The zero-order valence-electron chi connectivity index (χ0n) is 36.6. The van der Waals surface area contributed by atoms with Crippen LogP contribution in [-0.4, -0.2) is 78.5 Å². The van der Waals surface area contributed by atoms with Gasteiger partial charge in [0.25, 0.3) is 5.91 Å². The van der Waals surface area contributed by atoms with Gasteiger partial charge in [-0.3, -0.25) is 29.5 Å². The Morgan fingerprint density at radius 3 is 2.43 bits per heavy atom. The Kier molecular flexibility index (Phi) is 10.8. The van der Waals surface area contributed by atoms with Crippen LogP contribution in [0, 0.1) is 0 Å². The molecule has 2 aromatic heterocycles. The Morgan fingerprint density at radius 1 is 0.838 bits per heavy atom. The molecule has 3 aliphatic heterocycles. The third-order valence-corrected chi connectivity index (χ3v) is 14.0. The topological polar surface area (TPSA) is 151 Å². The summed E-state index contributed by atoms with van der Waals surface area (Å²) in [7, 11) is 0. The van der Waals surface area contributed by atoms with Gasteiger partial charge >= 0.3 is 5.90 Å². The summed E-state index contributed by atoms with van der Waals surface area (Å²) in [5.41, 5.74) is 4.32. The molecule has 0 unspecified atom stereocenters. The van der Waals surface area contributed by atoms with E-state index in [2.05, 4.69) is 17.6 Å². The summed E-state index contributed by atoms with van der Waals surface area (Å²) in [4.78, 5) is 42.7. The smallest absolute Gasteiger partial charge is 0.393 e. The number of carbonyl (C=O) groups is 1. The summed E-state index contributed by atoms with van der Waals surface area (Å²) in [6, 6.07) is 30.2. The molecule has 2 saturated carbocycles. The SMILES string of the molecule is O=C1c2c(O)c(=O)ccn2N2CN1C1(/C=C/COc3c(Cl)cccc3[C@H]2c2cccc(Oc3c4n(ccc3=O)NC[N+](C3(/C=C/COc5c(Cl)cccc5Cc5ccccc5)CC3)=C4O)c2)CC1. The number of aromatic nitrogens is 2. The van der Waals surface area contributed by atoms with Crippen LogP contribution in [0.25, 0.3) is 0 Å². The summed E-state index contributed by atoms with van der Waals surface area (Å²) in [6.07, 6.45) is 14.3. The molecule has 5 heterocycles. The molecule has 344 valence electrons. The molecular weight excluding hydrogens is 908 g/mol. The van der Waals surface area contributed by atoms with Crippen LogP contribution < -0.4 is 35.5 Å². The number of rotatable bonds is 10. The highest BCUT2D eigenvalue weighted by Crippen LogP contribution is 2.48. The first kappa shape index (κ1) is 43.2. The molecule has 2 aliphatic carbocycles. The predicted octanol–water partition coefficient (Wildman–Crippen LogP) is 8.03. The van der Waals surface area contributed by atoms with Crippen molar-refractivity contribution in [1.29, 1.82) is 0 Å². The summed E-state index contributed by atoms with van der Waals surface area (Å²) in [6.45, 7) is 0.724. The van der Waals surface area contributed by atoms with E-state index in [1.54, 1.807) is 46.1 Å². The summed E-state index contributed by atoms with van der Waals surface area (Å²) in [5.74, 6) is -0.0748. The number of fused-ring (bicyclic) bond motifs is 7. The van der Waals surface area contributed by atoms with Gasteiger partial charge in [0.1, 0.15) is 43.2 Å². The number of aromatic hydroxyl groups is 1. The van der Waals surface area contributed by atoms with E-state index in [1.165, 1.54) is 23.0 Å². The Morgan fingerprint density at radius 2 is 1.62 bits per heavy atom. The molecule has 1 amide bonds. The number of hydrogen-bond acceptors (Lipinski definition) is 9. The summed E-state index contributed by atoms with van der Waals surface area (Å²) >= 11 is 13.5. The molecule has 5 aliphatic rings. The van der Waals surface area contributed by atoms with Crippen LogP contribution in [0.5, 0.6) is 28.7 Å². The number of nitrogens with zero attached hydrogens (tertiary/aromatic N) is 5. The number of pyridine rings is 2. The van der Waals surface area contributed by atoms with Gasteiger partial charge in [0.05, 0.1) is 15.6 Å². The lowest BCUT2D eigenvalue weighted by Gasteiger charge is -2.46. The van der Waals surface area contributed by atoms with Gasteiger partial charge in [-0.15, -0.1) is 0 Å². The lowest BCUT2D eigenvalue weighted by molar-refractivity contribution is -0.573. The molecule has 6 aromatic rings. The molecule has 11 rings (SSSR count). The van der Waals surface area contributed by atoms with Crippen molar-refractivity contribution in [3.63, 3.8) is 0 Å². The van der Waals surface area contributed by atoms with E-state index in [0.29, 0.717) is 51.9 Å². The Labute approximate surface area is 400 Å². The number of halogens is 2. The second kappa shape index (κ2) is 17.0. The molecule has 1 atom stereocenters. The molecule has 3 N–H and O–H groups in total. The second-order valence-corrected chi connectivity index (χ2v) is 18.4. The molecular formula is C52H45Cl2N6O8+. The van der Waals surface area contributed by atoms with Crippen molar-refractivity contribution < 1.29 is 33.8 Å². The predicted molar refractivity (Wildman–Crippen MR) is 257 cm³/mol. The normalized spacial score (nSPS) is 19.0. The first-order chi connectivity index (χ1) is 33.0.